The van der Waals surface area contributed by atoms with E-state index in [4.69, 9.17) is 11.1 Å². The smallest absolute Gasteiger partial charge is 0.215 e. The number of guanidine groups is 1. The van der Waals surface area contributed by atoms with Crippen LogP contribution in [0.15, 0.2) is 29.3 Å². The summed E-state index contributed by atoms with van der Waals surface area (Å²) in [7, 11) is 1.92. The van der Waals surface area contributed by atoms with Crippen LogP contribution in [0.4, 0.5) is 0 Å². The summed E-state index contributed by atoms with van der Waals surface area (Å²) in [6.07, 6.45) is 0. The lowest BCUT2D eigenvalue weighted by atomic mass is 10.3. The van der Waals surface area contributed by atoms with Crippen LogP contribution < -0.4 is 10.5 Å². The van der Waals surface area contributed by atoms with Gasteiger partial charge in [-0.1, -0.05) is 23.5 Å². The van der Waals surface area contributed by atoms with Gasteiger partial charge in [0.2, 0.25) is 5.96 Å². The third-order valence-corrected chi connectivity index (χ3v) is 3.04. The molecule has 0 bridgehead atoms. The number of para-hydroxylation sites is 1. The molecule has 0 saturated heterocycles. The summed E-state index contributed by atoms with van der Waals surface area (Å²) in [6.45, 7) is 0. The van der Waals surface area contributed by atoms with Gasteiger partial charge in [-0.15, -0.1) is 0 Å². The highest BCUT2D eigenvalue weighted by molar-refractivity contribution is 7.16. The molecule has 0 aliphatic rings. The summed E-state index contributed by atoms with van der Waals surface area (Å²) >= 11 is 1.53. The minimum Gasteiger partial charge on any atom is -0.368 e. The van der Waals surface area contributed by atoms with Crippen LogP contribution in [-0.4, -0.2) is 10.5 Å². The fourth-order valence-electron chi connectivity index (χ4n) is 1.29. The van der Waals surface area contributed by atoms with Crippen LogP contribution in [-0.2, 0) is 7.05 Å². The van der Waals surface area contributed by atoms with Gasteiger partial charge in [-0.05, 0) is 12.1 Å². The Kier molecular flexibility index (Phi) is 2.09. The molecule has 72 valence electrons. The minimum atomic E-state index is -0.160. The molecule has 0 aliphatic heterocycles. The Bertz CT molecular complexity index is 549. The summed E-state index contributed by atoms with van der Waals surface area (Å²) in [5.41, 5.74) is 6.33. The Labute approximate surface area is 84.8 Å². The maximum atomic E-state index is 7.11. The normalized spacial score (nSPS) is 12.2. The van der Waals surface area contributed by atoms with Crippen molar-refractivity contribution in [2.24, 2.45) is 17.8 Å². The maximum Gasteiger partial charge on any atom is 0.215 e. The summed E-state index contributed by atoms with van der Waals surface area (Å²) < 4.78 is 3.08. The van der Waals surface area contributed by atoms with E-state index in [1.165, 1.54) is 11.3 Å². The van der Waals surface area contributed by atoms with E-state index in [0.717, 1.165) is 15.0 Å². The zero-order chi connectivity index (χ0) is 10.1. The molecule has 1 heterocycles. The second kappa shape index (κ2) is 3.26. The molecule has 1 aromatic heterocycles. The number of hydrogen-bond acceptors (Lipinski definition) is 2. The van der Waals surface area contributed by atoms with Gasteiger partial charge < -0.3 is 10.3 Å². The van der Waals surface area contributed by atoms with E-state index in [0.29, 0.717) is 0 Å². The van der Waals surface area contributed by atoms with E-state index >= 15 is 0 Å². The molecule has 5 heteroatoms. The Hall–Kier alpha value is -1.62. The molecule has 14 heavy (non-hydrogen) atoms. The van der Waals surface area contributed by atoms with Crippen LogP contribution in [0.2, 0.25) is 0 Å². The van der Waals surface area contributed by atoms with Crippen molar-refractivity contribution in [3.63, 3.8) is 0 Å². The third-order valence-electron chi connectivity index (χ3n) is 1.93. The molecular formula is C9H10N4S. The lowest BCUT2D eigenvalue weighted by molar-refractivity contribution is 0.914. The fourth-order valence-corrected chi connectivity index (χ4v) is 2.32. The van der Waals surface area contributed by atoms with Crippen molar-refractivity contribution in [3.8, 4) is 0 Å². The van der Waals surface area contributed by atoms with Crippen LogP contribution in [0.25, 0.3) is 10.2 Å². The van der Waals surface area contributed by atoms with Crippen molar-refractivity contribution >= 4 is 27.5 Å². The molecule has 1 aromatic carbocycles. The number of thiazole rings is 1. The van der Waals surface area contributed by atoms with Gasteiger partial charge in [-0.3, -0.25) is 5.41 Å². The van der Waals surface area contributed by atoms with Crippen LogP contribution in [0.1, 0.15) is 0 Å². The third kappa shape index (κ3) is 1.42. The molecule has 3 N–H and O–H groups in total. The van der Waals surface area contributed by atoms with E-state index < -0.39 is 0 Å². The number of aryl methyl sites for hydroxylation is 1. The Balaban J connectivity index is 2.81. The van der Waals surface area contributed by atoms with Gasteiger partial charge in [-0.2, -0.15) is 4.99 Å². The van der Waals surface area contributed by atoms with Gasteiger partial charge >= 0.3 is 0 Å². The zero-order valence-electron chi connectivity index (χ0n) is 7.69. The van der Waals surface area contributed by atoms with E-state index in [1.54, 1.807) is 0 Å². The molecule has 2 aromatic rings. The first-order valence-corrected chi connectivity index (χ1v) is 4.93. The Morgan fingerprint density at radius 3 is 2.86 bits per heavy atom. The van der Waals surface area contributed by atoms with Crippen molar-refractivity contribution in [1.29, 1.82) is 5.41 Å². The first-order chi connectivity index (χ1) is 6.68. The molecule has 0 aliphatic carbocycles. The van der Waals surface area contributed by atoms with Crippen molar-refractivity contribution in [3.05, 3.63) is 29.1 Å². The quantitative estimate of drug-likeness (QED) is 0.490. The van der Waals surface area contributed by atoms with E-state index in [-0.39, 0.29) is 5.96 Å². The van der Waals surface area contributed by atoms with Crippen LogP contribution in [0.3, 0.4) is 0 Å². The average Bonchev–Trinajstić information content (AvgIpc) is 2.44. The number of rotatable bonds is 0. The fraction of sp³-hybridized carbons (Fsp3) is 0.111. The summed E-state index contributed by atoms with van der Waals surface area (Å²) in [4.78, 5) is 4.69. The minimum absolute atomic E-state index is 0.160. The topological polar surface area (TPSA) is 67.2 Å². The van der Waals surface area contributed by atoms with Crippen molar-refractivity contribution in [2.75, 3.05) is 0 Å². The molecule has 0 amide bonds. The van der Waals surface area contributed by atoms with Crippen molar-refractivity contribution in [1.82, 2.24) is 4.57 Å². The summed E-state index contributed by atoms with van der Waals surface area (Å²) in [5.74, 6) is -0.160. The molecule has 0 atom stereocenters. The van der Waals surface area contributed by atoms with Crippen molar-refractivity contribution in [2.45, 2.75) is 0 Å². The molecule has 2 rings (SSSR count). The SMILES string of the molecule is Cn1/c(=N/C(=N)N)sc2ccccc21. The number of aromatic nitrogens is 1. The van der Waals surface area contributed by atoms with Gasteiger partial charge in [0.05, 0.1) is 10.2 Å². The number of fused-ring (bicyclic) bond motifs is 1. The lowest BCUT2D eigenvalue weighted by Crippen LogP contribution is -2.16. The Morgan fingerprint density at radius 2 is 2.21 bits per heavy atom. The summed E-state index contributed by atoms with van der Waals surface area (Å²) in [6, 6.07) is 8.01. The molecule has 0 fully saturated rings. The zero-order valence-corrected chi connectivity index (χ0v) is 8.51. The van der Waals surface area contributed by atoms with E-state index in [2.05, 4.69) is 4.99 Å². The van der Waals surface area contributed by atoms with Gasteiger partial charge in [0.25, 0.3) is 0 Å². The average molecular weight is 206 g/mol. The molecular weight excluding hydrogens is 196 g/mol. The standard InChI is InChI=1S/C9H10N4S/c1-13-6-4-2-3-5-7(6)14-9(13)12-8(10)11/h2-5H,1H3,(H3,10,11)/b12-9-. The van der Waals surface area contributed by atoms with Crippen LogP contribution in [0, 0.1) is 5.41 Å². The van der Waals surface area contributed by atoms with E-state index in [9.17, 15) is 0 Å². The predicted octanol–water partition coefficient (Wildman–Crippen LogP) is 1.03. The number of hydrogen-bond donors (Lipinski definition) is 2. The highest BCUT2D eigenvalue weighted by Gasteiger charge is 2.00. The lowest BCUT2D eigenvalue weighted by Gasteiger charge is -1.92. The maximum absolute atomic E-state index is 7.11. The predicted molar refractivity (Wildman–Crippen MR) is 58.3 cm³/mol. The molecule has 0 saturated carbocycles. The largest absolute Gasteiger partial charge is 0.368 e. The van der Waals surface area contributed by atoms with Crippen molar-refractivity contribution < 1.29 is 0 Å². The molecule has 4 nitrogen and oxygen atoms in total. The van der Waals surface area contributed by atoms with Gasteiger partial charge in [0.15, 0.2) is 4.80 Å². The highest BCUT2D eigenvalue weighted by Crippen LogP contribution is 2.14. The number of nitrogens with zero attached hydrogens (tertiary/aromatic N) is 2. The second-order valence-electron chi connectivity index (χ2n) is 2.91. The second-order valence-corrected chi connectivity index (χ2v) is 3.92. The first-order valence-electron chi connectivity index (χ1n) is 4.12. The number of nitrogens with two attached hydrogens (primary N) is 1. The molecule has 0 radical (unpaired) electrons. The monoisotopic (exact) mass is 206 g/mol. The summed E-state index contributed by atoms with van der Waals surface area (Å²) in [5, 5.41) is 7.11. The molecule has 0 unspecified atom stereocenters. The Morgan fingerprint density at radius 1 is 1.50 bits per heavy atom. The van der Waals surface area contributed by atoms with Gasteiger partial charge in [0.1, 0.15) is 0 Å². The number of nitrogens with one attached hydrogen (secondary N) is 1. The van der Waals surface area contributed by atoms with Gasteiger partial charge in [-0.25, -0.2) is 0 Å². The van der Waals surface area contributed by atoms with E-state index in [1.807, 2.05) is 35.9 Å². The highest BCUT2D eigenvalue weighted by atomic mass is 32.1. The van der Waals surface area contributed by atoms with Crippen LogP contribution in [0.5, 0.6) is 0 Å². The van der Waals surface area contributed by atoms with Gasteiger partial charge in [0, 0.05) is 7.05 Å². The van der Waals surface area contributed by atoms with Crippen LogP contribution >= 0.6 is 11.3 Å². The first kappa shape index (κ1) is 8.96. The molecule has 0 spiro atoms. The number of benzene rings is 1.